The first-order valence-electron chi connectivity index (χ1n) is 4.85. The molecule has 15 heavy (non-hydrogen) atoms. The number of halogens is 1. The minimum atomic E-state index is 1.15. The fourth-order valence-corrected chi connectivity index (χ4v) is 1.92. The summed E-state index contributed by atoms with van der Waals surface area (Å²) in [5.41, 5.74) is 4.82. The Morgan fingerprint density at radius 2 is 1.73 bits per heavy atom. The molecule has 0 bridgehead atoms. The van der Waals surface area contributed by atoms with Gasteiger partial charge in [-0.05, 0) is 44.0 Å². The average molecular weight is 265 g/mol. The number of nitrogens with zero attached hydrogens (tertiary/aromatic N) is 2. The number of hydrogen-bond donors (Lipinski definition) is 0. The van der Waals surface area contributed by atoms with E-state index in [1.807, 2.05) is 12.5 Å². The Bertz CT molecular complexity index is 477. The molecule has 3 heteroatoms. The Morgan fingerprint density at radius 1 is 1.13 bits per heavy atom. The van der Waals surface area contributed by atoms with Gasteiger partial charge in [0.1, 0.15) is 0 Å². The molecule has 78 valence electrons. The Balaban J connectivity index is 2.60. The maximum Gasteiger partial charge on any atom is 0.0994 e. The number of aryl methyl sites for hydroxylation is 3. The van der Waals surface area contributed by atoms with Gasteiger partial charge in [-0.2, -0.15) is 0 Å². The van der Waals surface area contributed by atoms with Crippen LogP contribution in [0.25, 0.3) is 5.69 Å². The Hall–Kier alpha value is -1.09. The number of hydrogen-bond acceptors (Lipinski definition) is 1. The van der Waals surface area contributed by atoms with E-state index in [1.165, 1.54) is 21.3 Å². The smallest absolute Gasteiger partial charge is 0.0994 e. The zero-order chi connectivity index (χ0) is 11.0. The molecule has 0 aliphatic carbocycles. The van der Waals surface area contributed by atoms with Crippen molar-refractivity contribution >= 4 is 15.9 Å². The quantitative estimate of drug-likeness (QED) is 0.770. The molecule has 1 heterocycles. The predicted molar refractivity (Wildman–Crippen MR) is 65.5 cm³/mol. The first-order valence-corrected chi connectivity index (χ1v) is 5.65. The second-order valence-electron chi connectivity index (χ2n) is 3.80. The Kier molecular flexibility index (Phi) is 2.65. The summed E-state index contributed by atoms with van der Waals surface area (Å²) in [6.07, 6.45) is 3.71. The molecule has 2 aromatic rings. The zero-order valence-corrected chi connectivity index (χ0v) is 10.7. The van der Waals surface area contributed by atoms with Crippen LogP contribution in [0.1, 0.15) is 16.8 Å². The van der Waals surface area contributed by atoms with Crippen molar-refractivity contribution in [1.29, 1.82) is 0 Å². The predicted octanol–water partition coefficient (Wildman–Crippen LogP) is 3.56. The third kappa shape index (κ3) is 1.84. The molecule has 0 radical (unpaired) electrons. The van der Waals surface area contributed by atoms with Crippen LogP contribution in [0.15, 0.2) is 29.1 Å². The van der Waals surface area contributed by atoms with E-state index in [0.29, 0.717) is 0 Å². The van der Waals surface area contributed by atoms with E-state index in [2.05, 4.69) is 58.4 Å². The highest BCUT2D eigenvalue weighted by molar-refractivity contribution is 9.10. The van der Waals surface area contributed by atoms with Gasteiger partial charge >= 0.3 is 0 Å². The molecule has 0 amide bonds. The minimum absolute atomic E-state index is 1.15. The number of rotatable bonds is 1. The van der Waals surface area contributed by atoms with E-state index < -0.39 is 0 Å². The van der Waals surface area contributed by atoms with Gasteiger partial charge in [-0.15, -0.1) is 0 Å². The van der Waals surface area contributed by atoms with E-state index in [0.717, 1.165) is 5.69 Å². The van der Waals surface area contributed by atoms with E-state index >= 15 is 0 Å². The van der Waals surface area contributed by atoms with Gasteiger partial charge in [-0.1, -0.05) is 15.9 Å². The van der Waals surface area contributed by atoms with Crippen LogP contribution in [0, 0.1) is 20.8 Å². The molecular weight excluding hydrogens is 252 g/mol. The summed E-state index contributed by atoms with van der Waals surface area (Å²) in [6, 6.07) is 4.32. The lowest BCUT2D eigenvalue weighted by atomic mass is 10.1. The van der Waals surface area contributed by atoms with Crippen LogP contribution in [-0.2, 0) is 0 Å². The van der Waals surface area contributed by atoms with Gasteiger partial charge in [0.25, 0.3) is 0 Å². The molecule has 0 spiro atoms. The summed E-state index contributed by atoms with van der Waals surface area (Å²) >= 11 is 3.57. The van der Waals surface area contributed by atoms with Crippen molar-refractivity contribution in [3.8, 4) is 5.69 Å². The first kappa shape index (κ1) is 10.4. The van der Waals surface area contributed by atoms with Gasteiger partial charge in [-0.3, -0.25) is 0 Å². The largest absolute Gasteiger partial charge is 0.304 e. The summed E-state index contributed by atoms with van der Waals surface area (Å²) in [5, 5.41) is 0. The lowest BCUT2D eigenvalue weighted by molar-refractivity contribution is 0.997. The van der Waals surface area contributed by atoms with E-state index in [9.17, 15) is 0 Å². The van der Waals surface area contributed by atoms with Crippen LogP contribution in [0.2, 0.25) is 0 Å². The standard InChI is InChI=1S/C12H13BrN2/c1-8-4-11(5-9(2)12(8)13)15-7-14-6-10(15)3/h4-7H,1-3H3. The molecule has 0 atom stereocenters. The van der Waals surface area contributed by atoms with Gasteiger partial charge in [0, 0.05) is 22.1 Å². The van der Waals surface area contributed by atoms with Crippen molar-refractivity contribution in [1.82, 2.24) is 9.55 Å². The monoisotopic (exact) mass is 264 g/mol. The van der Waals surface area contributed by atoms with Gasteiger partial charge in [0.05, 0.1) is 6.33 Å². The number of aromatic nitrogens is 2. The highest BCUT2D eigenvalue weighted by atomic mass is 79.9. The average Bonchev–Trinajstić information content (AvgIpc) is 2.60. The topological polar surface area (TPSA) is 17.8 Å². The molecule has 2 rings (SSSR count). The number of benzene rings is 1. The number of imidazole rings is 1. The molecule has 1 aromatic heterocycles. The first-order chi connectivity index (χ1) is 7.09. The van der Waals surface area contributed by atoms with Crippen molar-refractivity contribution in [3.63, 3.8) is 0 Å². The van der Waals surface area contributed by atoms with Crippen LogP contribution in [0.3, 0.4) is 0 Å². The van der Waals surface area contributed by atoms with Gasteiger partial charge in [0.2, 0.25) is 0 Å². The van der Waals surface area contributed by atoms with Crippen LogP contribution in [0.5, 0.6) is 0 Å². The molecule has 0 unspecified atom stereocenters. The summed E-state index contributed by atoms with van der Waals surface area (Å²) in [5.74, 6) is 0. The normalized spacial score (nSPS) is 10.7. The third-order valence-electron chi connectivity index (χ3n) is 2.52. The SMILES string of the molecule is Cc1cc(-n2cncc2C)cc(C)c1Br. The molecule has 2 nitrogen and oxygen atoms in total. The maximum absolute atomic E-state index is 4.13. The minimum Gasteiger partial charge on any atom is -0.304 e. The van der Waals surface area contributed by atoms with Crippen molar-refractivity contribution in [3.05, 3.63) is 46.0 Å². The van der Waals surface area contributed by atoms with E-state index in [4.69, 9.17) is 0 Å². The second kappa shape index (κ2) is 3.81. The lowest BCUT2D eigenvalue weighted by Gasteiger charge is -2.10. The van der Waals surface area contributed by atoms with Crippen molar-refractivity contribution in [2.24, 2.45) is 0 Å². The van der Waals surface area contributed by atoms with Crippen LogP contribution in [0.4, 0.5) is 0 Å². The Morgan fingerprint density at radius 3 is 2.20 bits per heavy atom. The van der Waals surface area contributed by atoms with E-state index in [1.54, 1.807) is 0 Å². The lowest BCUT2D eigenvalue weighted by Crippen LogP contribution is -1.96. The van der Waals surface area contributed by atoms with Gasteiger partial charge in [-0.25, -0.2) is 4.98 Å². The summed E-state index contributed by atoms with van der Waals surface area (Å²) in [7, 11) is 0. The molecular formula is C12H13BrN2. The second-order valence-corrected chi connectivity index (χ2v) is 4.59. The van der Waals surface area contributed by atoms with Gasteiger partial charge < -0.3 is 4.57 Å². The molecule has 0 fully saturated rings. The molecule has 0 aliphatic heterocycles. The molecule has 0 N–H and O–H groups in total. The highest BCUT2D eigenvalue weighted by Crippen LogP contribution is 2.24. The van der Waals surface area contributed by atoms with E-state index in [-0.39, 0.29) is 0 Å². The molecule has 0 aliphatic rings. The van der Waals surface area contributed by atoms with Crippen LogP contribution in [-0.4, -0.2) is 9.55 Å². The van der Waals surface area contributed by atoms with Gasteiger partial charge in [0.15, 0.2) is 0 Å². The van der Waals surface area contributed by atoms with Crippen LogP contribution >= 0.6 is 15.9 Å². The fourth-order valence-electron chi connectivity index (χ4n) is 1.69. The Labute approximate surface area is 98.1 Å². The zero-order valence-electron chi connectivity index (χ0n) is 9.08. The van der Waals surface area contributed by atoms with Crippen molar-refractivity contribution in [2.45, 2.75) is 20.8 Å². The van der Waals surface area contributed by atoms with Crippen molar-refractivity contribution in [2.75, 3.05) is 0 Å². The van der Waals surface area contributed by atoms with Crippen molar-refractivity contribution < 1.29 is 0 Å². The highest BCUT2D eigenvalue weighted by Gasteiger charge is 2.05. The maximum atomic E-state index is 4.13. The molecule has 0 saturated carbocycles. The third-order valence-corrected chi connectivity index (χ3v) is 3.77. The summed E-state index contributed by atoms with van der Waals surface area (Å²) in [4.78, 5) is 4.13. The molecule has 1 aromatic carbocycles. The van der Waals surface area contributed by atoms with Crippen LogP contribution < -0.4 is 0 Å². The summed E-state index contributed by atoms with van der Waals surface area (Å²) < 4.78 is 3.27. The fraction of sp³-hybridized carbons (Fsp3) is 0.250. The molecule has 0 saturated heterocycles. The summed E-state index contributed by atoms with van der Waals surface area (Å²) in [6.45, 7) is 6.26.